The monoisotopic (exact) mass is 176 g/mol. The van der Waals surface area contributed by atoms with Crippen LogP contribution in [0.2, 0.25) is 0 Å². The summed E-state index contributed by atoms with van der Waals surface area (Å²) in [4.78, 5) is 16.0. The normalized spacial score (nSPS) is 21.4. The van der Waals surface area contributed by atoms with Gasteiger partial charge in [-0.25, -0.2) is 4.98 Å². The number of nitrogens with zero attached hydrogens (tertiary/aromatic N) is 2. The van der Waals surface area contributed by atoms with Crippen LogP contribution in [0.4, 0.5) is 0 Å². The van der Waals surface area contributed by atoms with E-state index in [-0.39, 0.29) is 11.7 Å². The molecule has 0 aliphatic heterocycles. The highest BCUT2D eigenvalue weighted by Gasteiger charge is 2.22. The molecule has 0 aromatic carbocycles. The van der Waals surface area contributed by atoms with Crippen LogP contribution in [0.15, 0.2) is 12.4 Å². The quantitative estimate of drug-likeness (QED) is 0.602. The van der Waals surface area contributed by atoms with Crippen molar-refractivity contribution in [1.29, 1.82) is 0 Å². The molecule has 0 radical (unpaired) electrons. The van der Waals surface area contributed by atoms with Crippen LogP contribution in [-0.2, 0) is 7.05 Å². The van der Waals surface area contributed by atoms with Crippen molar-refractivity contribution in [3.63, 3.8) is 0 Å². The predicted molar refractivity (Wildman–Crippen MR) is 50.4 cm³/mol. The Morgan fingerprint density at radius 2 is 2.38 bits per heavy atom. The number of aryl methyl sites for hydroxylation is 1. The summed E-state index contributed by atoms with van der Waals surface area (Å²) >= 11 is 0. The fraction of sp³-hybridized carbons (Fsp3) is 0.400. The van der Waals surface area contributed by atoms with Gasteiger partial charge >= 0.3 is 0 Å². The molecule has 1 atom stereocenters. The van der Waals surface area contributed by atoms with Gasteiger partial charge in [0.1, 0.15) is 5.69 Å². The van der Waals surface area contributed by atoms with Gasteiger partial charge in [0.25, 0.3) is 0 Å². The minimum atomic E-state index is 0.0768. The number of rotatable bonds is 0. The molecule has 68 valence electrons. The van der Waals surface area contributed by atoms with Crippen LogP contribution >= 0.6 is 0 Å². The largest absolute Gasteiger partial charge is 0.331 e. The number of imidazole rings is 1. The van der Waals surface area contributed by atoms with Crippen LogP contribution in [0.5, 0.6) is 0 Å². The first-order chi connectivity index (χ1) is 6.20. The molecule has 3 nitrogen and oxygen atoms in total. The maximum Gasteiger partial charge on any atom is 0.184 e. The van der Waals surface area contributed by atoms with Crippen molar-refractivity contribution < 1.29 is 4.79 Å². The van der Waals surface area contributed by atoms with Crippen LogP contribution in [0, 0.1) is 5.92 Å². The minimum Gasteiger partial charge on any atom is -0.331 e. The van der Waals surface area contributed by atoms with Crippen molar-refractivity contribution >= 4 is 11.9 Å². The number of carbonyl (C=O) groups is 1. The molecule has 13 heavy (non-hydrogen) atoms. The Labute approximate surface area is 77.1 Å². The Morgan fingerprint density at radius 3 is 3.15 bits per heavy atom. The third kappa shape index (κ3) is 1.20. The van der Waals surface area contributed by atoms with E-state index in [1.54, 1.807) is 10.9 Å². The van der Waals surface area contributed by atoms with E-state index in [2.05, 4.69) is 4.98 Å². The van der Waals surface area contributed by atoms with Crippen molar-refractivity contribution in [2.75, 3.05) is 0 Å². The van der Waals surface area contributed by atoms with Gasteiger partial charge in [-0.3, -0.25) is 4.79 Å². The van der Waals surface area contributed by atoms with Gasteiger partial charge in [-0.2, -0.15) is 0 Å². The summed E-state index contributed by atoms with van der Waals surface area (Å²) < 4.78 is 1.80. The molecule has 1 aromatic rings. The average Bonchev–Trinajstić information content (AvgIpc) is 2.39. The number of aromatic nitrogens is 2. The highest BCUT2D eigenvalue weighted by molar-refractivity contribution is 5.99. The van der Waals surface area contributed by atoms with Crippen LogP contribution in [0.1, 0.15) is 29.5 Å². The van der Waals surface area contributed by atoms with Crippen LogP contribution in [0.25, 0.3) is 6.08 Å². The van der Waals surface area contributed by atoms with E-state index >= 15 is 0 Å². The van der Waals surface area contributed by atoms with E-state index in [1.165, 1.54) is 0 Å². The highest BCUT2D eigenvalue weighted by atomic mass is 16.1. The second-order valence-electron chi connectivity index (χ2n) is 3.49. The number of Topliss-reactive ketones (excluding diaryl/α,β-unsaturated/α-hetero) is 1. The summed E-state index contributed by atoms with van der Waals surface area (Å²) in [7, 11) is 1.86. The smallest absolute Gasteiger partial charge is 0.184 e. The van der Waals surface area contributed by atoms with Crippen molar-refractivity contribution in [2.45, 2.75) is 13.3 Å². The first-order valence-corrected chi connectivity index (χ1v) is 4.42. The molecule has 2 rings (SSSR count). The van der Waals surface area contributed by atoms with Gasteiger partial charge in [0.05, 0.1) is 12.0 Å². The average molecular weight is 176 g/mol. The van der Waals surface area contributed by atoms with Gasteiger partial charge in [-0.05, 0) is 12.5 Å². The summed E-state index contributed by atoms with van der Waals surface area (Å²) in [5.41, 5.74) is 1.54. The number of allylic oxidation sites excluding steroid dienone is 1. The third-order valence-electron chi connectivity index (χ3n) is 2.41. The van der Waals surface area contributed by atoms with Gasteiger partial charge in [0.2, 0.25) is 0 Å². The van der Waals surface area contributed by atoms with E-state index in [0.29, 0.717) is 0 Å². The predicted octanol–water partition coefficient (Wildman–Crippen LogP) is 1.66. The Bertz CT molecular complexity index is 376. The molecule has 3 heteroatoms. The van der Waals surface area contributed by atoms with E-state index in [0.717, 1.165) is 17.8 Å². The zero-order valence-electron chi connectivity index (χ0n) is 7.82. The molecule has 0 amide bonds. The Kier molecular flexibility index (Phi) is 1.79. The number of hydrogen-bond acceptors (Lipinski definition) is 2. The van der Waals surface area contributed by atoms with E-state index in [9.17, 15) is 4.79 Å². The molecule has 1 aliphatic rings. The lowest BCUT2D eigenvalue weighted by Crippen LogP contribution is -2.14. The Morgan fingerprint density at radius 1 is 1.62 bits per heavy atom. The maximum absolute atomic E-state index is 11.8. The zero-order valence-corrected chi connectivity index (χ0v) is 7.82. The number of carbonyl (C=O) groups excluding carboxylic acids is 1. The topological polar surface area (TPSA) is 34.9 Å². The molecule has 0 saturated heterocycles. The second kappa shape index (κ2) is 2.83. The SMILES string of the molecule is CC1CC=Cc2ncn(C)c2C1=O. The second-order valence-corrected chi connectivity index (χ2v) is 3.49. The number of fused-ring (bicyclic) bond motifs is 1. The molecule has 0 bridgehead atoms. The third-order valence-corrected chi connectivity index (χ3v) is 2.41. The van der Waals surface area contributed by atoms with Gasteiger partial charge < -0.3 is 4.57 Å². The summed E-state index contributed by atoms with van der Waals surface area (Å²) in [6, 6.07) is 0. The van der Waals surface area contributed by atoms with Gasteiger partial charge in [0.15, 0.2) is 5.78 Å². The van der Waals surface area contributed by atoms with Gasteiger partial charge in [-0.1, -0.05) is 13.0 Å². The zero-order chi connectivity index (χ0) is 9.42. The number of ketones is 1. The molecule has 1 unspecified atom stereocenters. The first kappa shape index (κ1) is 8.23. The van der Waals surface area contributed by atoms with Crippen LogP contribution < -0.4 is 0 Å². The van der Waals surface area contributed by atoms with Crippen molar-refractivity contribution in [2.24, 2.45) is 13.0 Å². The van der Waals surface area contributed by atoms with Gasteiger partial charge in [-0.15, -0.1) is 0 Å². The molecule has 0 N–H and O–H groups in total. The molecule has 1 aliphatic carbocycles. The molecular weight excluding hydrogens is 164 g/mol. The summed E-state index contributed by atoms with van der Waals surface area (Å²) in [6.07, 6.45) is 6.44. The van der Waals surface area contributed by atoms with Crippen molar-refractivity contribution in [1.82, 2.24) is 9.55 Å². The molecule has 0 fully saturated rings. The fourth-order valence-electron chi connectivity index (χ4n) is 1.59. The lowest BCUT2D eigenvalue weighted by molar-refractivity contribution is 0.0923. The summed E-state index contributed by atoms with van der Waals surface area (Å²) in [6.45, 7) is 1.95. The van der Waals surface area contributed by atoms with E-state index in [4.69, 9.17) is 0 Å². The maximum atomic E-state index is 11.8. The molecule has 1 aromatic heterocycles. The minimum absolute atomic E-state index is 0.0768. The van der Waals surface area contributed by atoms with Gasteiger partial charge in [0, 0.05) is 13.0 Å². The highest BCUT2D eigenvalue weighted by Crippen LogP contribution is 2.20. The lowest BCUT2D eigenvalue weighted by Gasteiger charge is -2.06. The Hall–Kier alpha value is -1.38. The van der Waals surface area contributed by atoms with E-state index < -0.39 is 0 Å². The molecular formula is C10H12N2O. The lowest BCUT2D eigenvalue weighted by atomic mass is 10.0. The molecule has 0 saturated carbocycles. The van der Waals surface area contributed by atoms with E-state index in [1.807, 2.05) is 26.1 Å². The van der Waals surface area contributed by atoms with Crippen LogP contribution in [-0.4, -0.2) is 15.3 Å². The van der Waals surface area contributed by atoms with Crippen molar-refractivity contribution in [3.05, 3.63) is 23.8 Å². The standard InChI is InChI=1S/C10H12N2O/c1-7-4-3-5-8-9(10(7)13)12(2)6-11-8/h3,5-7H,4H2,1-2H3. The number of hydrogen-bond donors (Lipinski definition) is 0. The first-order valence-electron chi connectivity index (χ1n) is 4.42. The summed E-state index contributed by atoms with van der Waals surface area (Å²) in [5.74, 6) is 0.271. The fourth-order valence-corrected chi connectivity index (χ4v) is 1.59. The Balaban J connectivity index is 2.58. The summed E-state index contributed by atoms with van der Waals surface area (Å²) in [5, 5.41) is 0. The molecule has 1 heterocycles. The molecule has 0 spiro atoms. The van der Waals surface area contributed by atoms with Crippen molar-refractivity contribution in [3.8, 4) is 0 Å². The van der Waals surface area contributed by atoms with Crippen LogP contribution in [0.3, 0.4) is 0 Å².